The maximum atomic E-state index is 12.9. The molecule has 0 bridgehead atoms. The van der Waals surface area contributed by atoms with Crippen LogP contribution < -0.4 is 4.74 Å². The second-order valence-electron chi connectivity index (χ2n) is 9.15. The highest BCUT2D eigenvalue weighted by Gasteiger charge is 2.43. The molecule has 1 atom stereocenters. The fourth-order valence-electron chi connectivity index (χ4n) is 5.41. The Labute approximate surface area is 179 Å². The number of para-hydroxylation sites is 1. The van der Waals surface area contributed by atoms with Gasteiger partial charge in [-0.2, -0.15) is 0 Å². The number of piperidine rings is 1. The lowest BCUT2D eigenvalue weighted by Crippen LogP contribution is -2.50. The van der Waals surface area contributed by atoms with E-state index in [2.05, 4.69) is 45.1 Å². The zero-order chi connectivity index (χ0) is 20.4. The molecule has 3 aliphatic heterocycles. The molecule has 4 heterocycles. The van der Waals surface area contributed by atoms with Gasteiger partial charge in [-0.1, -0.05) is 24.3 Å². The lowest BCUT2D eigenvalue weighted by molar-refractivity contribution is -0.131. The topological polar surface area (TPSA) is 45.7 Å². The number of hydrogen-bond donors (Lipinski definition) is 0. The van der Waals surface area contributed by atoms with Gasteiger partial charge in [-0.05, 0) is 55.4 Å². The molecule has 0 radical (unpaired) electrons. The SMILES string of the molecule is O=C(CC1CC2(CCN(Cc3cccnc3)CC2)Oc2ccccc21)N1CCCC1. The number of ether oxygens (including phenoxy) is 1. The van der Waals surface area contributed by atoms with Gasteiger partial charge in [0.15, 0.2) is 0 Å². The number of carbonyl (C=O) groups is 1. The van der Waals surface area contributed by atoms with E-state index in [1.54, 1.807) is 0 Å². The van der Waals surface area contributed by atoms with Gasteiger partial charge in [-0.3, -0.25) is 14.7 Å². The predicted molar refractivity (Wildman–Crippen MR) is 116 cm³/mol. The summed E-state index contributed by atoms with van der Waals surface area (Å²) in [5.41, 5.74) is 2.33. The zero-order valence-electron chi connectivity index (χ0n) is 17.6. The minimum absolute atomic E-state index is 0.143. The van der Waals surface area contributed by atoms with E-state index in [1.807, 2.05) is 18.5 Å². The highest BCUT2D eigenvalue weighted by Crippen LogP contribution is 2.46. The summed E-state index contributed by atoms with van der Waals surface area (Å²) < 4.78 is 6.63. The van der Waals surface area contributed by atoms with E-state index in [0.29, 0.717) is 12.3 Å². The number of hydrogen-bond acceptors (Lipinski definition) is 4. The molecule has 158 valence electrons. The molecule has 2 fully saturated rings. The number of pyridine rings is 1. The third kappa shape index (κ3) is 4.08. The normalized spacial score (nSPS) is 23.2. The molecule has 3 aliphatic rings. The van der Waals surface area contributed by atoms with Crippen molar-refractivity contribution in [2.45, 2.75) is 56.6 Å². The van der Waals surface area contributed by atoms with Gasteiger partial charge in [0, 0.05) is 57.5 Å². The number of benzene rings is 1. The van der Waals surface area contributed by atoms with Crippen LogP contribution in [0.5, 0.6) is 5.75 Å². The molecule has 5 nitrogen and oxygen atoms in total. The van der Waals surface area contributed by atoms with Gasteiger partial charge in [0.25, 0.3) is 0 Å². The molecule has 5 heteroatoms. The quantitative estimate of drug-likeness (QED) is 0.771. The van der Waals surface area contributed by atoms with E-state index in [0.717, 1.165) is 70.6 Å². The smallest absolute Gasteiger partial charge is 0.223 e. The summed E-state index contributed by atoms with van der Waals surface area (Å²) in [7, 11) is 0. The van der Waals surface area contributed by atoms with Crippen molar-refractivity contribution in [2.24, 2.45) is 0 Å². The highest BCUT2D eigenvalue weighted by molar-refractivity contribution is 5.77. The molecule has 5 rings (SSSR count). The van der Waals surface area contributed by atoms with Crippen molar-refractivity contribution >= 4 is 5.91 Å². The van der Waals surface area contributed by atoms with E-state index in [-0.39, 0.29) is 11.5 Å². The van der Waals surface area contributed by atoms with Crippen molar-refractivity contribution in [3.63, 3.8) is 0 Å². The summed E-state index contributed by atoms with van der Waals surface area (Å²) in [6.45, 7) is 4.83. The fourth-order valence-corrected chi connectivity index (χ4v) is 5.41. The van der Waals surface area contributed by atoms with Crippen molar-refractivity contribution in [2.75, 3.05) is 26.2 Å². The van der Waals surface area contributed by atoms with Crippen LogP contribution in [0.2, 0.25) is 0 Å². The van der Waals surface area contributed by atoms with Crippen molar-refractivity contribution < 1.29 is 9.53 Å². The Morgan fingerprint density at radius 3 is 2.63 bits per heavy atom. The lowest BCUT2D eigenvalue weighted by atomic mass is 9.76. The minimum atomic E-state index is -0.143. The molecule has 1 spiro atoms. The van der Waals surface area contributed by atoms with Crippen LogP contribution in [-0.2, 0) is 11.3 Å². The summed E-state index contributed by atoms with van der Waals surface area (Å²) in [6.07, 6.45) is 9.65. The van der Waals surface area contributed by atoms with E-state index in [9.17, 15) is 4.79 Å². The number of nitrogens with zero attached hydrogens (tertiary/aromatic N) is 3. The second-order valence-corrected chi connectivity index (χ2v) is 9.15. The molecule has 0 saturated carbocycles. The first-order valence-electron chi connectivity index (χ1n) is 11.4. The number of fused-ring (bicyclic) bond motifs is 1. The molecule has 1 amide bonds. The first kappa shape index (κ1) is 19.6. The van der Waals surface area contributed by atoms with Crippen LogP contribution in [-0.4, -0.2) is 52.5 Å². The van der Waals surface area contributed by atoms with E-state index in [1.165, 1.54) is 11.1 Å². The van der Waals surface area contributed by atoms with Crippen molar-refractivity contribution in [1.82, 2.24) is 14.8 Å². The van der Waals surface area contributed by atoms with Crippen molar-refractivity contribution in [1.29, 1.82) is 0 Å². The third-order valence-electron chi connectivity index (χ3n) is 7.08. The minimum Gasteiger partial charge on any atom is -0.487 e. The Bertz CT molecular complexity index is 871. The average molecular weight is 406 g/mol. The Kier molecular flexibility index (Phi) is 5.47. The number of aromatic nitrogens is 1. The van der Waals surface area contributed by atoms with Crippen LogP contribution in [0.4, 0.5) is 0 Å². The second kappa shape index (κ2) is 8.38. The molecule has 1 aromatic carbocycles. The van der Waals surface area contributed by atoms with Gasteiger partial charge in [0.05, 0.1) is 0 Å². The van der Waals surface area contributed by atoms with Crippen LogP contribution in [0.1, 0.15) is 55.6 Å². The molecule has 0 N–H and O–H groups in total. The molecular weight excluding hydrogens is 374 g/mol. The Morgan fingerprint density at radius 2 is 1.87 bits per heavy atom. The summed E-state index contributed by atoms with van der Waals surface area (Å²) in [5, 5.41) is 0. The van der Waals surface area contributed by atoms with Crippen LogP contribution >= 0.6 is 0 Å². The molecule has 30 heavy (non-hydrogen) atoms. The Hall–Kier alpha value is -2.40. The van der Waals surface area contributed by atoms with Gasteiger partial charge in [0.1, 0.15) is 11.4 Å². The Morgan fingerprint density at radius 1 is 1.07 bits per heavy atom. The highest BCUT2D eigenvalue weighted by atomic mass is 16.5. The van der Waals surface area contributed by atoms with Gasteiger partial charge in [-0.15, -0.1) is 0 Å². The molecule has 1 unspecified atom stereocenters. The van der Waals surface area contributed by atoms with Gasteiger partial charge < -0.3 is 9.64 Å². The number of rotatable bonds is 4. The van der Waals surface area contributed by atoms with Crippen LogP contribution in [0, 0.1) is 0 Å². The summed E-state index contributed by atoms with van der Waals surface area (Å²) >= 11 is 0. The first-order chi connectivity index (χ1) is 14.7. The summed E-state index contributed by atoms with van der Waals surface area (Å²) in [4.78, 5) is 21.7. The summed E-state index contributed by atoms with van der Waals surface area (Å²) in [6, 6.07) is 12.5. The van der Waals surface area contributed by atoms with E-state index < -0.39 is 0 Å². The first-order valence-corrected chi connectivity index (χ1v) is 11.4. The number of carbonyl (C=O) groups excluding carboxylic acids is 1. The molecule has 2 aromatic rings. The fraction of sp³-hybridized carbons (Fsp3) is 0.520. The molecule has 2 saturated heterocycles. The van der Waals surface area contributed by atoms with Gasteiger partial charge in [0.2, 0.25) is 5.91 Å². The predicted octanol–water partition coefficient (Wildman–Crippen LogP) is 4.00. The average Bonchev–Trinajstić information content (AvgIpc) is 3.32. The van der Waals surface area contributed by atoms with Crippen LogP contribution in [0.25, 0.3) is 0 Å². The van der Waals surface area contributed by atoms with E-state index in [4.69, 9.17) is 4.74 Å². The maximum Gasteiger partial charge on any atom is 0.223 e. The zero-order valence-corrected chi connectivity index (χ0v) is 17.6. The molecule has 1 aromatic heterocycles. The van der Waals surface area contributed by atoms with Crippen molar-refractivity contribution in [3.05, 3.63) is 59.9 Å². The lowest BCUT2D eigenvalue weighted by Gasteiger charge is -2.47. The Balaban J connectivity index is 1.29. The third-order valence-corrected chi connectivity index (χ3v) is 7.08. The monoisotopic (exact) mass is 405 g/mol. The van der Waals surface area contributed by atoms with Crippen molar-refractivity contribution in [3.8, 4) is 5.75 Å². The molecule has 0 aliphatic carbocycles. The van der Waals surface area contributed by atoms with Crippen LogP contribution in [0.3, 0.4) is 0 Å². The van der Waals surface area contributed by atoms with Crippen LogP contribution in [0.15, 0.2) is 48.8 Å². The largest absolute Gasteiger partial charge is 0.487 e. The van der Waals surface area contributed by atoms with Gasteiger partial charge in [-0.25, -0.2) is 0 Å². The number of likely N-dealkylation sites (tertiary alicyclic amines) is 2. The molecular formula is C25H31N3O2. The van der Waals surface area contributed by atoms with E-state index >= 15 is 0 Å². The maximum absolute atomic E-state index is 12.9. The summed E-state index contributed by atoms with van der Waals surface area (Å²) in [5.74, 6) is 1.56. The standard InChI is InChI=1S/C25H31N3O2/c29-24(28-12-3-4-13-28)16-21-17-25(30-23-8-2-1-7-22(21)23)9-14-27(15-10-25)19-20-6-5-11-26-18-20/h1-2,5-8,11,18,21H,3-4,9-10,12-17,19H2. The van der Waals surface area contributed by atoms with Gasteiger partial charge >= 0.3 is 0 Å². The number of amides is 1.